The van der Waals surface area contributed by atoms with Gasteiger partial charge in [-0.1, -0.05) is 31.9 Å². The molecule has 6 nitrogen and oxygen atoms in total. The van der Waals surface area contributed by atoms with Crippen molar-refractivity contribution in [1.82, 2.24) is 5.06 Å². The van der Waals surface area contributed by atoms with Crippen LogP contribution in [-0.2, 0) is 24.6 Å². The molecular weight excluding hydrogens is 334 g/mol. The van der Waals surface area contributed by atoms with Gasteiger partial charge in [-0.2, -0.15) is 5.06 Å². The highest BCUT2D eigenvalue weighted by Gasteiger charge is 2.64. The first kappa shape index (κ1) is 18.9. The summed E-state index contributed by atoms with van der Waals surface area (Å²) in [5.74, 6) is -0.802. The Morgan fingerprint density at radius 1 is 1.27 bits per heavy atom. The van der Waals surface area contributed by atoms with Gasteiger partial charge in [0, 0.05) is 13.0 Å². The maximum absolute atomic E-state index is 12.5. The van der Waals surface area contributed by atoms with E-state index in [1.165, 1.54) is 7.11 Å². The van der Waals surface area contributed by atoms with Gasteiger partial charge < -0.3 is 9.47 Å². The van der Waals surface area contributed by atoms with Crippen molar-refractivity contribution in [1.29, 1.82) is 0 Å². The highest BCUT2D eigenvalue weighted by Crippen LogP contribution is 2.54. The van der Waals surface area contributed by atoms with Crippen LogP contribution in [0.3, 0.4) is 0 Å². The lowest BCUT2D eigenvalue weighted by Gasteiger charge is -2.51. The fourth-order valence-corrected chi connectivity index (χ4v) is 4.06. The summed E-state index contributed by atoms with van der Waals surface area (Å²) in [6.07, 6.45) is 4.05. The van der Waals surface area contributed by atoms with Crippen molar-refractivity contribution < 1.29 is 23.9 Å². The molecule has 2 saturated heterocycles. The molecule has 0 spiro atoms. The summed E-state index contributed by atoms with van der Waals surface area (Å²) in [7, 11) is 1.36. The number of fused-ring (bicyclic) bond motifs is 1. The molecule has 0 saturated carbocycles. The van der Waals surface area contributed by atoms with Crippen LogP contribution in [0, 0.1) is 5.92 Å². The van der Waals surface area contributed by atoms with Crippen LogP contribution in [-0.4, -0.2) is 43.4 Å². The molecule has 0 N–H and O–H groups in total. The van der Waals surface area contributed by atoms with Gasteiger partial charge >= 0.3 is 11.9 Å². The normalized spacial score (nSPS) is 27.5. The molecule has 2 heterocycles. The predicted molar refractivity (Wildman–Crippen MR) is 95.3 cm³/mol. The van der Waals surface area contributed by atoms with Crippen LogP contribution < -0.4 is 0 Å². The van der Waals surface area contributed by atoms with Crippen molar-refractivity contribution in [2.75, 3.05) is 20.3 Å². The second-order valence-electron chi connectivity index (χ2n) is 6.93. The molecule has 0 aromatic heterocycles. The van der Waals surface area contributed by atoms with Crippen molar-refractivity contribution in [2.45, 2.75) is 51.2 Å². The van der Waals surface area contributed by atoms with Gasteiger partial charge in [0.25, 0.3) is 0 Å². The van der Waals surface area contributed by atoms with Crippen molar-refractivity contribution in [3.8, 4) is 0 Å². The average molecular weight is 361 g/mol. The third-order valence-corrected chi connectivity index (χ3v) is 5.44. The number of rotatable bonds is 7. The van der Waals surface area contributed by atoms with Crippen LogP contribution >= 0.6 is 0 Å². The van der Waals surface area contributed by atoms with Crippen LogP contribution in [0.5, 0.6) is 0 Å². The minimum atomic E-state index is -0.501. The molecule has 0 radical (unpaired) electrons. The number of benzene rings is 1. The molecule has 2 aliphatic heterocycles. The number of methoxy groups -OCH3 is 1. The maximum atomic E-state index is 12.5. The van der Waals surface area contributed by atoms with Crippen molar-refractivity contribution >= 4 is 11.9 Å². The molecule has 1 aromatic carbocycles. The number of nitrogens with zero attached hydrogens (tertiary/aromatic N) is 1. The third kappa shape index (κ3) is 3.12. The van der Waals surface area contributed by atoms with E-state index in [2.05, 4.69) is 6.92 Å². The number of hydroxylamine groups is 2. The molecular formula is C20H27NO5. The summed E-state index contributed by atoms with van der Waals surface area (Å²) in [6.45, 7) is 4.89. The van der Waals surface area contributed by atoms with E-state index in [1.54, 1.807) is 12.1 Å². The standard InChI is InChI=1S/C20H27NO5/c1-4-6-7-16-12-20(15-10-8-14(9-11-15)18(22)24-3)17(13-21(20)26-16)19(23)25-5-2/h8-11,16-17H,4-7,12-13H2,1-3H3/t16-,17+,20-/m1/s1. The first-order valence-corrected chi connectivity index (χ1v) is 9.36. The van der Waals surface area contributed by atoms with E-state index in [1.807, 2.05) is 24.1 Å². The summed E-state index contributed by atoms with van der Waals surface area (Å²) in [6, 6.07) is 7.29. The largest absolute Gasteiger partial charge is 0.466 e. The van der Waals surface area contributed by atoms with Crippen LogP contribution in [0.2, 0.25) is 0 Å². The van der Waals surface area contributed by atoms with E-state index in [4.69, 9.17) is 14.3 Å². The van der Waals surface area contributed by atoms with Crippen LogP contribution in [0.15, 0.2) is 24.3 Å². The van der Waals surface area contributed by atoms with Gasteiger partial charge in [-0.25, -0.2) is 4.79 Å². The van der Waals surface area contributed by atoms with E-state index in [0.29, 0.717) is 18.7 Å². The molecule has 0 bridgehead atoms. The monoisotopic (exact) mass is 361 g/mol. The Balaban J connectivity index is 1.88. The summed E-state index contributed by atoms with van der Waals surface area (Å²) in [5.41, 5.74) is 0.973. The zero-order valence-electron chi connectivity index (χ0n) is 15.7. The molecule has 0 amide bonds. The Morgan fingerprint density at radius 2 is 2.00 bits per heavy atom. The Hall–Kier alpha value is -1.92. The maximum Gasteiger partial charge on any atom is 0.337 e. The highest BCUT2D eigenvalue weighted by atomic mass is 16.7. The van der Waals surface area contributed by atoms with Gasteiger partial charge in [0.05, 0.1) is 36.8 Å². The zero-order valence-corrected chi connectivity index (χ0v) is 15.7. The topological polar surface area (TPSA) is 65.1 Å². The van der Waals surface area contributed by atoms with E-state index >= 15 is 0 Å². The Bertz CT molecular complexity index is 659. The quantitative estimate of drug-likeness (QED) is 0.696. The number of hydrogen-bond acceptors (Lipinski definition) is 6. The molecule has 26 heavy (non-hydrogen) atoms. The van der Waals surface area contributed by atoms with Gasteiger partial charge in [0.15, 0.2) is 0 Å². The fourth-order valence-electron chi connectivity index (χ4n) is 4.06. The Kier molecular flexibility index (Phi) is 5.63. The van der Waals surface area contributed by atoms with E-state index < -0.39 is 5.54 Å². The molecule has 0 unspecified atom stereocenters. The second-order valence-corrected chi connectivity index (χ2v) is 6.93. The second kappa shape index (κ2) is 7.76. The SMILES string of the molecule is CCCC[C@@H]1C[C@@]2(c3ccc(C(=O)OC)cc3)[C@H](C(=O)OCC)CN2O1. The third-order valence-electron chi connectivity index (χ3n) is 5.44. The molecule has 1 aromatic rings. The van der Waals surface area contributed by atoms with Gasteiger partial charge in [0.1, 0.15) is 0 Å². The molecule has 3 rings (SSSR count). The van der Waals surface area contributed by atoms with Crippen LogP contribution in [0.25, 0.3) is 0 Å². The Labute approximate surface area is 154 Å². The smallest absolute Gasteiger partial charge is 0.337 e. The Morgan fingerprint density at radius 3 is 2.62 bits per heavy atom. The van der Waals surface area contributed by atoms with E-state index in [-0.39, 0.29) is 24.0 Å². The molecule has 2 aliphatic rings. The van der Waals surface area contributed by atoms with Crippen LogP contribution in [0.1, 0.15) is 55.5 Å². The minimum Gasteiger partial charge on any atom is -0.466 e. The number of unbranched alkanes of at least 4 members (excludes halogenated alkanes) is 1. The highest BCUT2D eigenvalue weighted by molar-refractivity contribution is 5.89. The zero-order chi connectivity index (χ0) is 18.7. The molecule has 3 atom stereocenters. The minimum absolute atomic E-state index is 0.106. The number of ether oxygens (including phenoxy) is 2. The van der Waals surface area contributed by atoms with Crippen molar-refractivity contribution in [3.63, 3.8) is 0 Å². The van der Waals surface area contributed by atoms with Gasteiger partial charge in [0.2, 0.25) is 0 Å². The predicted octanol–water partition coefficient (Wildman–Crippen LogP) is 3.06. The lowest BCUT2D eigenvalue weighted by Crippen LogP contribution is -2.63. The van der Waals surface area contributed by atoms with E-state index in [0.717, 1.165) is 31.2 Å². The summed E-state index contributed by atoms with van der Waals surface area (Å²) < 4.78 is 10.1. The summed E-state index contributed by atoms with van der Waals surface area (Å²) in [4.78, 5) is 30.3. The molecule has 6 heteroatoms. The lowest BCUT2D eigenvalue weighted by molar-refractivity contribution is -0.269. The number of esters is 2. The van der Waals surface area contributed by atoms with Gasteiger partial charge in [-0.15, -0.1) is 0 Å². The number of hydrogen-bond donors (Lipinski definition) is 0. The van der Waals surface area contributed by atoms with E-state index in [9.17, 15) is 9.59 Å². The average Bonchev–Trinajstić information content (AvgIpc) is 2.92. The van der Waals surface area contributed by atoms with Crippen molar-refractivity contribution in [3.05, 3.63) is 35.4 Å². The molecule has 2 fully saturated rings. The van der Waals surface area contributed by atoms with Crippen LogP contribution in [0.4, 0.5) is 0 Å². The van der Waals surface area contributed by atoms with Crippen molar-refractivity contribution in [2.24, 2.45) is 5.92 Å². The van der Waals surface area contributed by atoms with Gasteiger partial charge in [-0.3, -0.25) is 9.63 Å². The van der Waals surface area contributed by atoms with Gasteiger partial charge in [-0.05, 0) is 31.0 Å². The lowest BCUT2D eigenvalue weighted by atomic mass is 9.68. The first-order chi connectivity index (χ1) is 12.6. The number of carbonyl (C=O) groups excluding carboxylic acids is 2. The number of carbonyl (C=O) groups is 2. The fraction of sp³-hybridized carbons (Fsp3) is 0.600. The summed E-state index contributed by atoms with van der Waals surface area (Å²) >= 11 is 0. The first-order valence-electron chi connectivity index (χ1n) is 9.36. The molecule has 142 valence electrons. The molecule has 0 aliphatic carbocycles. The summed E-state index contributed by atoms with van der Waals surface area (Å²) in [5, 5.41) is 1.93.